The van der Waals surface area contributed by atoms with Crippen molar-refractivity contribution in [3.05, 3.63) is 58.1 Å². The molecular weight excluding hydrogens is 324 g/mol. The Morgan fingerprint density at radius 1 is 1.17 bits per heavy atom. The summed E-state index contributed by atoms with van der Waals surface area (Å²) >= 11 is 5.90. The van der Waals surface area contributed by atoms with Crippen LogP contribution in [0.3, 0.4) is 0 Å². The van der Waals surface area contributed by atoms with Crippen molar-refractivity contribution in [3.8, 4) is 0 Å². The molecule has 0 bridgehead atoms. The van der Waals surface area contributed by atoms with E-state index in [2.05, 4.69) is 16.4 Å². The van der Waals surface area contributed by atoms with Crippen molar-refractivity contribution in [1.29, 1.82) is 0 Å². The first-order valence-electron chi connectivity index (χ1n) is 8.17. The number of carbonyl (C=O) groups excluding carboxylic acids is 2. The number of benzene rings is 1. The van der Waals surface area contributed by atoms with Gasteiger partial charge in [-0.2, -0.15) is 0 Å². The Kier molecular flexibility index (Phi) is 3.94. The van der Waals surface area contributed by atoms with Crippen LogP contribution < -0.4 is 5.32 Å². The highest BCUT2D eigenvalue weighted by atomic mass is 35.5. The number of hydrogen-bond acceptors (Lipinski definition) is 4. The van der Waals surface area contributed by atoms with Crippen molar-refractivity contribution in [2.75, 3.05) is 6.54 Å². The fourth-order valence-corrected chi connectivity index (χ4v) is 3.69. The zero-order valence-electron chi connectivity index (χ0n) is 13.1. The summed E-state index contributed by atoms with van der Waals surface area (Å²) in [4.78, 5) is 29.0. The SMILES string of the molecule is O=C1C=C2C=C3CCN=C(C(=O)c4ccc(Cl)cc4)C3NC2CC1. The second-order valence-corrected chi connectivity index (χ2v) is 6.81. The Morgan fingerprint density at radius 2 is 1.96 bits per heavy atom. The second kappa shape index (κ2) is 6.11. The molecule has 2 unspecified atom stereocenters. The first-order valence-corrected chi connectivity index (χ1v) is 8.55. The van der Waals surface area contributed by atoms with E-state index >= 15 is 0 Å². The Bertz CT molecular complexity index is 805. The van der Waals surface area contributed by atoms with Gasteiger partial charge in [0.25, 0.3) is 0 Å². The van der Waals surface area contributed by atoms with Crippen molar-refractivity contribution in [3.63, 3.8) is 0 Å². The molecule has 3 aliphatic rings. The van der Waals surface area contributed by atoms with Gasteiger partial charge in [0.05, 0.1) is 6.04 Å². The molecule has 2 atom stereocenters. The average molecular weight is 341 g/mol. The van der Waals surface area contributed by atoms with Crippen molar-refractivity contribution >= 4 is 28.9 Å². The molecule has 122 valence electrons. The van der Waals surface area contributed by atoms with Gasteiger partial charge < -0.3 is 0 Å². The molecule has 1 aromatic carbocycles. The summed E-state index contributed by atoms with van der Waals surface area (Å²) in [6.45, 7) is 0.602. The summed E-state index contributed by atoms with van der Waals surface area (Å²) in [5.41, 5.74) is 3.34. The van der Waals surface area contributed by atoms with E-state index in [9.17, 15) is 9.59 Å². The minimum atomic E-state index is -0.155. The van der Waals surface area contributed by atoms with Crippen LogP contribution in [0.1, 0.15) is 29.6 Å². The fraction of sp³-hybridized carbons (Fsp3) is 0.316. The van der Waals surface area contributed by atoms with E-state index in [4.69, 9.17) is 11.6 Å². The summed E-state index contributed by atoms with van der Waals surface area (Å²) < 4.78 is 0. The number of allylic oxidation sites excluding steroid dienone is 1. The van der Waals surface area contributed by atoms with Gasteiger partial charge in [-0.05, 0) is 54.3 Å². The van der Waals surface area contributed by atoms with Crippen molar-refractivity contribution < 1.29 is 9.59 Å². The lowest BCUT2D eigenvalue weighted by Gasteiger charge is -2.37. The van der Waals surface area contributed by atoms with Gasteiger partial charge in [-0.25, -0.2) is 0 Å². The van der Waals surface area contributed by atoms with Gasteiger partial charge in [0.15, 0.2) is 5.78 Å². The maximum atomic E-state index is 12.9. The third kappa shape index (κ3) is 2.76. The fourth-order valence-electron chi connectivity index (χ4n) is 3.56. The molecule has 0 saturated heterocycles. The van der Waals surface area contributed by atoms with Gasteiger partial charge in [-0.3, -0.25) is 19.9 Å². The standard InChI is InChI=1S/C19H17ClN2O2/c20-14-3-1-11(2-4-14)19(24)18-17-12(7-8-21-18)9-13-10-15(23)5-6-16(13)22-17/h1-4,9-10,16-17,22H,5-8H2. The number of halogens is 1. The van der Waals surface area contributed by atoms with Crippen LogP contribution in [0.2, 0.25) is 5.02 Å². The lowest BCUT2D eigenvalue weighted by molar-refractivity contribution is -0.115. The normalized spacial score (nSPS) is 25.9. The molecule has 5 heteroatoms. The van der Waals surface area contributed by atoms with Gasteiger partial charge in [0.2, 0.25) is 5.78 Å². The number of fused-ring (bicyclic) bond motifs is 2. The molecule has 2 heterocycles. The van der Waals surface area contributed by atoms with Gasteiger partial charge in [0.1, 0.15) is 5.71 Å². The highest BCUT2D eigenvalue weighted by molar-refractivity contribution is 6.48. The number of nitrogens with zero attached hydrogens (tertiary/aromatic N) is 1. The predicted molar refractivity (Wildman–Crippen MR) is 93.8 cm³/mol. The van der Waals surface area contributed by atoms with Crippen LogP contribution >= 0.6 is 11.6 Å². The number of nitrogens with one attached hydrogen (secondary N) is 1. The van der Waals surface area contributed by atoms with Crippen LogP contribution in [0.25, 0.3) is 0 Å². The number of Topliss-reactive ketones (excluding diaryl/α,β-unsaturated/α-hetero) is 1. The second-order valence-electron chi connectivity index (χ2n) is 6.37. The molecule has 0 saturated carbocycles. The number of ketones is 2. The van der Waals surface area contributed by atoms with Crippen LogP contribution in [0.4, 0.5) is 0 Å². The Labute approximate surface area is 145 Å². The largest absolute Gasteiger partial charge is 0.298 e. The highest BCUT2D eigenvalue weighted by Crippen LogP contribution is 2.30. The summed E-state index contributed by atoms with van der Waals surface area (Å²) in [6.07, 6.45) is 5.96. The van der Waals surface area contributed by atoms with E-state index < -0.39 is 0 Å². The van der Waals surface area contributed by atoms with Crippen LogP contribution in [0.5, 0.6) is 0 Å². The third-order valence-electron chi connectivity index (χ3n) is 4.80. The van der Waals surface area contributed by atoms with E-state index in [1.807, 2.05) is 0 Å². The molecule has 0 radical (unpaired) electrons. The first-order chi connectivity index (χ1) is 11.6. The zero-order valence-corrected chi connectivity index (χ0v) is 13.8. The third-order valence-corrected chi connectivity index (χ3v) is 5.05. The molecule has 4 rings (SSSR count). The van der Waals surface area contributed by atoms with E-state index in [1.165, 1.54) is 0 Å². The lowest BCUT2D eigenvalue weighted by atomic mass is 9.81. The number of aliphatic imine (C=N–C) groups is 1. The molecular formula is C19H17ClN2O2. The molecule has 1 N–H and O–H groups in total. The Morgan fingerprint density at radius 3 is 2.75 bits per heavy atom. The zero-order chi connectivity index (χ0) is 16.7. The van der Waals surface area contributed by atoms with E-state index in [0.717, 1.165) is 24.0 Å². The maximum Gasteiger partial charge on any atom is 0.208 e. The van der Waals surface area contributed by atoms with Crippen molar-refractivity contribution in [2.24, 2.45) is 4.99 Å². The van der Waals surface area contributed by atoms with Crippen molar-refractivity contribution in [1.82, 2.24) is 5.32 Å². The number of carbonyl (C=O) groups is 2. The minimum absolute atomic E-state index is 0.0610. The Balaban J connectivity index is 1.66. The highest BCUT2D eigenvalue weighted by Gasteiger charge is 2.36. The maximum absolute atomic E-state index is 12.9. The minimum Gasteiger partial charge on any atom is -0.298 e. The summed E-state index contributed by atoms with van der Waals surface area (Å²) in [5, 5.41) is 4.13. The molecule has 4 nitrogen and oxygen atoms in total. The average Bonchev–Trinajstić information content (AvgIpc) is 2.59. The van der Waals surface area contributed by atoms with Gasteiger partial charge in [0, 0.05) is 29.6 Å². The van der Waals surface area contributed by atoms with Crippen LogP contribution in [-0.2, 0) is 4.79 Å². The van der Waals surface area contributed by atoms with Crippen molar-refractivity contribution in [2.45, 2.75) is 31.3 Å². The summed E-state index contributed by atoms with van der Waals surface area (Å²) in [7, 11) is 0. The van der Waals surface area contributed by atoms with Crippen LogP contribution in [0.15, 0.2) is 52.6 Å². The predicted octanol–water partition coefficient (Wildman–Crippen LogP) is 2.92. The van der Waals surface area contributed by atoms with Crippen LogP contribution in [0, 0.1) is 0 Å². The topological polar surface area (TPSA) is 58.5 Å². The first kappa shape index (κ1) is 15.5. The lowest BCUT2D eigenvalue weighted by Crippen LogP contribution is -2.52. The summed E-state index contributed by atoms with van der Waals surface area (Å²) in [6, 6.07) is 6.88. The number of rotatable bonds is 2. The molecule has 24 heavy (non-hydrogen) atoms. The molecule has 0 spiro atoms. The molecule has 1 aliphatic carbocycles. The van der Waals surface area contributed by atoms with E-state index in [-0.39, 0.29) is 23.7 Å². The van der Waals surface area contributed by atoms with E-state index in [0.29, 0.717) is 29.3 Å². The number of hydrogen-bond donors (Lipinski definition) is 1. The smallest absolute Gasteiger partial charge is 0.208 e. The molecule has 2 aliphatic heterocycles. The van der Waals surface area contributed by atoms with E-state index in [1.54, 1.807) is 30.3 Å². The molecule has 1 aromatic rings. The van der Waals surface area contributed by atoms with Gasteiger partial charge in [-0.1, -0.05) is 17.7 Å². The monoisotopic (exact) mass is 340 g/mol. The molecule has 0 aromatic heterocycles. The molecule has 0 fully saturated rings. The Hall–Kier alpha value is -2.04. The van der Waals surface area contributed by atoms with Crippen LogP contribution in [-0.4, -0.2) is 35.9 Å². The quantitative estimate of drug-likeness (QED) is 0.842. The molecule has 0 amide bonds. The van der Waals surface area contributed by atoms with Gasteiger partial charge in [-0.15, -0.1) is 0 Å². The van der Waals surface area contributed by atoms with Gasteiger partial charge >= 0.3 is 0 Å². The summed E-state index contributed by atoms with van der Waals surface area (Å²) in [5.74, 6) is 0.120.